The van der Waals surface area contributed by atoms with Crippen molar-refractivity contribution in [3.63, 3.8) is 0 Å². The summed E-state index contributed by atoms with van der Waals surface area (Å²) in [6.45, 7) is 2.26. The molecule has 1 saturated carbocycles. The van der Waals surface area contributed by atoms with Crippen LogP contribution in [-0.2, 0) is 0 Å². The van der Waals surface area contributed by atoms with Crippen LogP contribution in [0, 0.1) is 29.3 Å². The van der Waals surface area contributed by atoms with Gasteiger partial charge in [0.05, 0.1) is 13.7 Å². The van der Waals surface area contributed by atoms with Crippen molar-refractivity contribution >= 4 is 0 Å². The van der Waals surface area contributed by atoms with E-state index in [1.54, 1.807) is 0 Å². The number of hydrogen-bond donors (Lipinski definition) is 0. The Bertz CT molecular complexity index is 878. The van der Waals surface area contributed by atoms with Crippen molar-refractivity contribution < 1.29 is 27.0 Å². The lowest BCUT2D eigenvalue weighted by atomic mass is 9.77. The second kappa shape index (κ2) is 11.6. The highest BCUT2D eigenvalue weighted by Gasteiger charge is 2.27. The molecule has 1 aliphatic carbocycles. The molecule has 0 amide bonds. The zero-order valence-electron chi connectivity index (χ0n) is 18.8. The standard InChI is InChI=1S/C26H32F4O2/c1-3-4-5-17-6-8-18(9-7-17)21(27)14-15-32-23-12-10-19(16-22(23)28)20-11-13-24(31-2)26(30)25(20)29/h10-13,16-18,21H,3-9,14-15H2,1-2H3. The summed E-state index contributed by atoms with van der Waals surface area (Å²) >= 11 is 0. The molecule has 176 valence electrons. The Balaban J connectivity index is 1.52. The van der Waals surface area contributed by atoms with Gasteiger partial charge in [0.1, 0.15) is 6.17 Å². The molecule has 0 aliphatic heterocycles. The molecule has 0 bridgehead atoms. The molecule has 32 heavy (non-hydrogen) atoms. The van der Waals surface area contributed by atoms with Crippen LogP contribution in [-0.4, -0.2) is 19.9 Å². The summed E-state index contributed by atoms with van der Waals surface area (Å²) < 4.78 is 67.5. The summed E-state index contributed by atoms with van der Waals surface area (Å²) in [6, 6.07) is 6.52. The van der Waals surface area contributed by atoms with Gasteiger partial charge in [-0.15, -0.1) is 0 Å². The van der Waals surface area contributed by atoms with Crippen LogP contribution < -0.4 is 9.47 Å². The van der Waals surface area contributed by atoms with Gasteiger partial charge in [0.25, 0.3) is 0 Å². The summed E-state index contributed by atoms with van der Waals surface area (Å²) in [5, 5.41) is 0. The molecule has 1 aliphatic rings. The van der Waals surface area contributed by atoms with Gasteiger partial charge in [0.2, 0.25) is 5.82 Å². The molecule has 0 aromatic heterocycles. The summed E-state index contributed by atoms with van der Waals surface area (Å²) in [7, 11) is 1.24. The predicted octanol–water partition coefficient (Wildman–Crippen LogP) is 7.88. The first-order valence-electron chi connectivity index (χ1n) is 11.5. The van der Waals surface area contributed by atoms with Crippen molar-refractivity contribution in [3.8, 4) is 22.6 Å². The Hall–Kier alpha value is -2.24. The largest absolute Gasteiger partial charge is 0.494 e. The van der Waals surface area contributed by atoms with Gasteiger partial charge < -0.3 is 9.47 Å². The Morgan fingerprint density at radius 3 is 2.34 bits per heavy atom. The van der Waals surface area contributed by atoms with Crippen molar-refractivity contribution in [2.75, 3.05) is 13.7 Å². The van der Waals surface area contributed by atoms with E-state index in [-0.39, 0.29) is 41.6 Å². The highest BCUT2D eigenvalue weighted by Crippen LogP contribution is 2.36. The van der Waals surface area contributed by atoms with Gasteiger partial charge in [-0.2, -0.15) is 4.39 Å². The van der Waals surface area contributed by atoms with Crippen LogP contribution in [0.15, 0.2) is 30.3 Å². The maximum Gasteiger partial charge on any atom is 0.201 e. The fraction of sp³-hybridized carbons (Fsp3) is 0.538. The zero-order valence-corrected chi connectivity index (χ0v) is 18.8. The first kappa shape index (κ1) is 24.4. The van der Waals surface area contributed by atoms with Crippen LogP contribution in [0.1, 0.15) is 58.3 Å². The van der Waals surface area contributed by atoms with E-state index in [1.165, 1.54) is 50.6 Å². The third-order valence-electron chi connectivity index (χ3n) is 6.53. The maximum absolute atomic E-state index is 14.6. The average Bonchev–Trinajstić information content (AvgIpc) is 2.80. The van der Waals surface area contributed by atoms with Crippen molar-refractivity contribution in [2.45, 2.75) is 64.5 Å². The van der Waals surface area contributed by atoms with Crippen molar-refractivity contribution in [1.82, 2.24) is 0 Å². The first-order valence-corrected chi connectivity index (χ1v) is 11.5. The number of methoxy groups -OCH3 is 1. The molecule has 3 rings (SSSR count). The number of rotatable bonds is 10. The quantitative estimate of drug-likeness (QED) is 0.341. The third-order valence-corrected chi connectivity index (χ3v) is 6.53. The fourth-order valence-corrected chi connectivity index (χ4v) is 4.55. The molecular weight excluding hydrogens is 420 g/mol. The number of halogens is 4. The number of unbranched alkanes of at least 4 members (excludes halogenated alkanes) is 1. The van der Waals surface area contributed by atoms with Crippen LogP contribution in [0.25, 0.3) is 11.1 Å². The molecule has 1 fully saturated rings. The van der Waals surface area contributed by atoms with Crippen LogP contribution in [0.5, 0.6) is 11.5 Å². The smallest absolute Gasteiger partial charge is 0.201 e. The molecule has 0 heterocycles. The van der Waals surface area contributed by atoms with Crippen LogP contribution in [0.4, 0.5) is 17.6 Å². The van der Waals surface area contributed by atoms with Gasteiger partial charge in [0, 0.05) is 12.0 Å². The van der Waals surface area contributed by atoms with Crippen LogP contribution >= 0.6 is 0 Å². The van der Waals surface area contributed by atoms with Gasteiger partial charge in [-0.1, -0.05) is 45.1 Å². The zero-order chi connectivity index (χ0) is 23.1. The highest BCUT2D eigenvalue weighted by atomic mass is 19.2. The van der Waals surface area contributed by atoms with Crippen molar-refractivity contribution in [2.24, 2.45) is 11.8 Å². The van der Waals surface area contributed by atoms with E-state index in [4.69, 9.17) is 9.47 Å². The minimum Gasteiger partial charge on any atom is -0.494 e. The SMILES string of the molecule is CCCCC1CCC(C(F)CCOc2ccc(-c3ccc(OC)c(F)c3F)cc2F)CC1. The van der Waals surface area contributed by atoms with Gasteiger partial charge >= 0.3 is 0 Å². The van der Waals surface area contributed by atoms with E-state index in [0.717, 1.165) is 37.7 Å². The molecule has 2 aromatic rings. The van der Waals surface area contributed by atoms with E-state index in [1.807, 2.05) is 0 Å². The molecule has 0 spiro atoms. The van der Waals surface area contributed by atoms with Gasteiger partial charge in [-0.3, -0.25) is 0 Å². The number of alkyl halides is 1. The van der Waals surface area contributed by atoms with E-state index < -0.39 is 23.6 Å². The van der Waals surface area contributed by atoms with E-state index in [2.05, 4.69) is 6.92 Å². The molecule has 0 saturated heterocycles. The molecule has 2 nitrogen and oxygen atoms in total. The maximum atomic E-state index is 14.6. The topological polar surface area (TPSA) is 18.5 Å². The molecule has 0 N–H and O–H groups in total. The molecule has 1 atom stereocenters. The fourth-order valence-electron chi connectivity index (χ4n) is 4.55. The Labute approximate surface area is 187 Å². The van der Waals surface area contributed by atoms with Crippen molar-refractivity contribution in [1.29, 1.82) is 0 Å². The molecule has 0 radical (unpaired) electrons. The lowest BCUT2D eigenvalue weighted by Crippen LogP contribution is -2.24. The monoisotopic (exact) mass is 452 g/mol. The second-order valence-corrected chi connectivity index (χ2v) is 8.66. The Kier molecular flexibility index (Phi) is 8.83. The van der Waals surface area contributed by atoms with E-state index >= 15 is 0 Å². The highest BCUT2D eigenvalue weighted by molar-refractivity contribution is 5.66. The minimum absolute atomic E-state index is 0.0291. The summed E-state index contributed by atoms with van der Waals surface area (Å²) in [5.74, 6) is -2.41. The Morgan fingerprint density at radius 2 is 1.69 bits per heavy atom. The third kappa shape index (κ3) is 5.96. The second-order valence-electron chi connectivity index (χ2n) is 8.66. The number of ether oxygens (including phenoxy) is 2. The molecule has 6 heteroatoms. The minimum atomic E-state index is -1.13. The van der Waals surface area contributed by atoms with Crippen LogP contribution in [0.2, 0.25) is 0 Å². The number of hydrogen-bond acceptors (Lipinski definition) is 2. The Morgan fingerprint density at radius 1 is 0.969 bits per heavy atom. The van der Waals surface area contributed by atoms with Crippen molar-refractivity contribution in [3.05, 3.63) is 47.8 Å². The van der Waals surface area contributed by atoms with Crippen LogP contribution in [0.3, 0.4) is 0 Å². The summed E-state index contributed by atoms with van der Waals surface area (Å²) in [4.78, 5) is 0. The summed E-state index contributed by atoms with van der Waals surface area (Å²) in [6.07, 6.45) is 6.93. The van der Waals surface area contributed by atoms with E-state index in [9.17, 15) is 17.6 Å². The van der Waals surface area contributed by atoms with Gasteiger partial charge in [-0.25, -0.2) is 13.2 Å². The normalized spacial score (nSPS) is 19.6. The average molecular weight is 453 g/mol. The molecule has 2 aromatic carbocycles. The van der Waals surface area contributed by atoms with E-state index in [0.29, 0.717) is 0 Å². The molecular formula is C26H32F4O2. The first-order chi connectivity index (χ1) is 15.4. The summed E-state index contributed by atoms with van der Waals surface area (Å²) in [5.41, 5.74) is 0.101. The van der Waals surface area contributed by atoms with Gasteiger partial charge in [0.15, 0.2) is 23.1 Å². The lowest BCUT2D eigenvalue weighted by molar-refractivity contribution is 0.126. The predicted molar refractivity (Wildman–Crippen MR) is 118 cm³/mol. The molecule has 1 unspecified atom stereocenters. The number of benzene rings is 2. The van der Waals surface area contributed by atoms with Gasteiger partial charge in [-0.05, 0) is 54.5 Å². The lowest BCUT2D eigenvalue weighted by Gasteiger charge is -2.30.